The van der Waals surface area contributed by atoms with Crippen molar-refractivity contribution in [2.75, 3.05) is 18.6 Å². The summed E-state index contributed by atoms with van der Waals surface area (Å²) < 4.78 is 12.6. The predicted octanol–water partition coefficient (Wildman–Crippen LogP) is 4.14. The molecule has 0 amide bonds. The molecule has 1 aliphatic heterocycles. The number of ether oxygens (including phenoxy) is 2. The molecular weight excluding hydrogens is 280 g/mol. The minimum atomic E-state index is -0.0195. The van der Waals surface area contributed by atoms with E-state index < -0.39 is 0 Å². The first-order valence-electron chi connectivity index (χ1n) is 8.06. The third kappa shape index (κ3) is 3.15. The fourth-order valence-corrected chi connectivity index (χ4v) is 4.76. The molecular formula is C18H26O2S. The van der Waals surface area contributed by atoms with Gasteiger partial charge >= 0.3 is 0 Å². The van der Waals surface area contributed by atoms with Crippen molar-refractivity contribution < 1.29 is 9.47 Å². The Morgan fingerprint density at radius 1 is 1.33 bits per heavy atom. The lowest BCUT2D eigenvalue weighted by molar-refractivity contribution is -0.134. The van der Waals surface area contributed by atoms with Crippen LogP contribution in [0.15, 0.2) is 30.3 Å². The van der Waals surface area contributed by atoms with E-state index in [9.17, 15) is 0 Å². The van der Waals surface area contributed by atoms with E-state index >= 15 is 0 Å². The van der Waals surface area contributed by atoms with Crippen molar-refractivity contribution in [1.29, 1.82) is 0 Å². The van der Waals surface area contributed by atoms with Gasteiger partial charge in [0.05, 0.1) is 24.9 Å². The molecule has 3 rings (SSSR count). The van der Waals surface area contributed by atoms with Crippen LogP contribution >= 0.6 is 11.8 Å². The molecule has 2 fully saturated rings. The molecule has 0 N–H and O–H groups in total. The maximum atomic E-state index is 6.34. The highest BCUT2D eigenvalue weighted by atomic mass is 32.2. The van der Waals surface area contributed by atoms with Gasteiger partial charge in [-0.3, -0.25) is 0 Å². The Morgan fingerprint density at radius 2 is 2.14 bits per heavy atom. The number of benzene rings is 1. The fraction of sp³-hybridized carbons (Fsp3) is 0.667. The van der Waals surface area contributed by atoms with Crippen LogP contribution in [-0.2, 0) is 16.1 Å². The number of hydrogen-bond acceptors (Lipinski definition) is 3. The SMILES string of the molecule is CC[C@]12C[C@H](CO1)[C@H](CSC)C[C@@H]2OCc1ccccc1. The molecule has 0 radical (unpaired) electrons. The predicted molar refractivity (Wildman–Crippen MR) is 88.6 cm³/mol. The zero-order valence-electron chi connectivity index (χ0n) is 13.1. The average molecular weight is 306 g/mol. The molecule has 0 aromatic heterocycles. The Bertz CT molecular complexity index is 450. The largest absolute Gasteiger partial charge is 0.372 e. The number of rotatable bonds is 6. The summed E-state index contributed by atoms with van der Waals surface area (Å²) >= 11 is 1.96. The lowest BCUT2D eigenvalue weighted by Gasteiger charge is -2.41. The highest BCUT2D eigenvalue weighted by Gasteiger charge is 2.52. The molecule has 0 spiro atoms. The van der Waals surface area contributed by atoms with E-state index in [1.165, 1.54) is 17.7 Å². The summed E-state index contributed by atoms with van der Waals surface area (Å²) in [6.45, 7) is 3.88. The van der Waals surface area contributed by atoms with Crippen LogP contribution < -0.4 is 0 Å². The monoisotopic (exact) mass is 306 g/mol. The third-order valence-corrected chi connectivity index (χ3v) is 6.00. The van der Waals surface area contributed by atoms with Gasteiger partial charge in [0.15, 0.2) is 0 Å². The van der Waals surface area contributed by atoms with Crippen LogP contribution in [0.2, 0.25) is 0 Å². The summed E-state index contributed by atoms with van der Waals surface area (Å²) in [5, 5.41) is 0. The molecule has 3 heteroatoms. The summed E-state index contributed by atoms with van der Waals surface area (Å²) in [5.74, 6) is 2.73. The van der Waals surface area contributed by atoms with Gasteiger partial charge in [0.25, 0.3) is 0 Å². The van der Waals surface area contributed by atoms with E-state index in [2.05, 4.69) is 43.5 Å². The van der Waals surface area contributed by atoms with E-state index in [1.807, 2.05) is 11.8 Å². The summed E-state index contributed by atoms with van der Waals surface area (Å²) in [6, 6.07) is 10.5. The molecule has 1 saturated heterocycles. The van der Waals surface area contributed by atoms with Crippen molar-refractivity contribution in [3.8, 4) is 0 Å². The Kier molecular flexibility index (Phi) is 4.92. The minimum Gasteiger partial charge on any atom is -0.372 e. The van der Waals surface area contributed by atoms with Gasteiger partial charge in [-0.2, -0.15) is 11.8 Å². The summed E-state index contributed by atoms with van der Waals surface area (Å²) in [6.07, 6.45) is 5.87. The second-order valence-corrected chi connectivity index (χ2v) is 7.34. The molecule has 1 saturated carbocycles. The van der Waals surface area contributed by atoms with Crippen LogP contribution in [0.1, 0.15) is 31.7 Å². The molecule has 2 nitrogen and oxygen atoms in total. The quantitative estimate of drug-likeness (QED) is 0.787. The highest BCUT2D eigenvalue weighted by Crippen LogP contribution is 2.48. The Morgan fingerprint density at radius 3 is 2.86 bits per heavy atom. The molecule has 1 aromatic rings. The van der Waals surface area contributed by atoms with Gasteiger partial charge in [0.2, 0.25) is 0 Å². The van der Waals surface area contributed by atoms with Crippen molar-refractivity contribution in [3.05, 3.63) is 35.9 Å². The number of hydrogen-bond donors (Lipinski definition) is 0. The van der Waals surface area contributed by atoms with Crippen LogP contribution in [0.25, 0.3) is 0 Å². The number of thioether (sulfide) groups is 1. The van der Waals surface area contributed by atoms with Crippen molar-refractivity contribution >= 4 is 11.8 Å². The first-order valence-corrected chi connectivity index (χ1v) is 9.45. The molecule has 1 heterocycles. The van der Waals surface area contributed by atoms with Gasteiger partial charge in [-0.1, -0.05) is 37.3 Å². The van der Waals surface area contributed by atoms with Crippen LogP contribution in [0, 0.1) is 11.8 Å². The first kappa shape index (κ1) is 15.4. The summed E-state index contributed by atoms with van der Waals surface area (Å²) in [4.78, 5) is 0. The lowest BCUT2D eigenvalue weighted by Crippen LogP contribution is -2.47. The maximum absolute atomic E-state index is 6.34. The number of fused-ring (bicyclic) bond motifs is 2. The van der Waals surface area contributed by atoms with Gasteiger partial charge in [0, 0.05) is 0 Å². The van der Waals surface area contributed by atoms with Crippen LogP contribution in [0.4, 0.5) is 0 Å². The molecule has 1 aliphatic carbocycles. The summed E-state index contributed by atoms with van der Waals surface area (Å²) in [7, 11) is 0. The Hall–Kier alpha value is -0.510. The molecule has 2 bridgehead atoms. The molecule has 116 valence electrons. The summed E-state index contributed by atoms with van der Waals surface area (Å²) in [5.41, 5.74) is 1.24. The van der Waals surface area contributed by atoms with Gasteiger partial charge in [-0.05, 0) is 48.7 Å². The lowest BCUT2D eigenvalue weighted by atomic mass is 9.72. The molecule has 2 aliphatic rings. The van der Waals surface area contributed by atoms with E-state index in [4.69, 9.17) is 9.47 Å². The molecule has 1 aromatic carbocycles. The minimum absolute atomic E-state index is 0.0195. The fourth-order valence-electron chi connectivity index (χ4n) is 3.93. The third-order valence-electron chi connectivity index (χ3n) is 5.24. The first-order chi connectivity index (χ1) is 10.3. The van der Waals surface area contributed by atoms with Gasteiger partial charge in [0.1, 0.15) is 0 Å². The van der Waals surface area contributed by atoms with E-state index in [-0.39, 0.29) is 11.7 Å². The van der Waals surface area contributed by atoms with Gasteiger partial charge < -0.3 is 9.47 Å². The van der Waals surface area contributed by atoms with Crippen molar-refractivity contribution in [2.24, 2.45) is 11.8 Å². The maximum Gasteiger partial charge on any atom is 0.0944 e. The highest BCUT2D eigenvalue weighted by molar-refractivity contribution is 7.98. The van der Waals surface area contributed by atoms with E-state index in [1.54, 1.807) is 0 Å². The molecule has 4 atom stereocenters. The normalized spacial score (nSPS) is 35.0. The Labute approximate surface area is 132 Å². The average Bonchev–Trinajstić information content (AvgIpc) is 2.91. The van der Waals surface area contributed by atoms with Crippen molar-refractivity contribution in [3.63, 3.8) is 0 Å². The van der Waals surface area contributed by atoms with Gasteiger partial charge in [-0.25, -0.2) is 0 Å². The van der Waals surface area contributed by atoms with Gasteiger partial charge in [-0.15, -0.1) is 0 Å². The second kappa shape index (κ2) is 6.72. The van der Waals surface area contributed by atoms with E-state index in [0.29, 0.717) is 6.61 Å². The van der Waals surface area contributed by atoms with Crippen molar-refractivity contribution in [1.82, 2.24) is 0 Å². The molecule has 21 heavy (non-hydrogen) atoms. The van der Waals surface area contributed by atoms with E-state index in [0.717, 1.165) is 31.3 Å². The smallest absolute Gasteiger partial charge is 0.0944 e. The van der Waals surface area contributed by atoms with Crippen molar-refractivity contribution in [2.45, 2.75) is 44.5 Å². The zero-order valence-corrected chi connectivity index (χ0v) is 13.9. The standard InChI is InChI=1S/C18H26O2S/c1-3-18-10-16(12-20-18)15(13-21-2)9-17(18)19-11-14-7-5-4-6-8-14/h4-8,15-17H,3,9-13H2,1-2H3/t15-,16+,17-,18+/m0/s1. The zero-order chi connectivity index (χ0) is 14.7. The van der Waals surface area contributed by atoms with Crippen LogP contribution in [0.5, 0.6) is 0 Å². The molecule has 0 unspecified atom stereocenters. The van der Waals surface area contributed by atoms with Crippen LogP contribution in [0.3, 0.4) is 0 Å². The topological polar surface area (TPSA) is 18.5 Å². The second-order valence-electron chi connectivity index (χ2n) is 6.43. The van der Waals surface area contributed by atoms with Crippen LogP contribution in [-0.4, -0.2) is 30.3 Å². The Balaban J connectivity index is 1.68.